The molecule has 0 bridgehead atoms. The zero-order chi connectivity index (χ0) is 12.8. The normalized spacial score (nSPS) is 22.9. The molecule has 0 radical (unpaired) electrons. The van der Waals surface area contributed by atoms with Gasteiger partial charge in [-0.05, 0) is 17.7 Å². The highest BCUT2D eigenvalue weighted by Crippen LogP contribution is 2.39. The summed E-state index contributed by atoms with van der Waals surface area (Å²) in [5.41, 5.74) is 0.623. The Bertz CT molecular complexity index is 548. The van der Waals surface area contributed by atoms with Crippen molar-refractivity contribution < 1.29 is 4.92 Å². The molecular formula is C8H3Cl4N3O2. The van der Waals surface area contributed by atoms with Crippen LogP contribution in [0.25, 0.3) is 6.08 Å². The van der Waals surface area contributed by atoms with E-state index in [-0.39, 0.29) is 27.5 Å². The van der Waals surface area contributed by atoms with E-state index in [0.29, 0.717) is 5.69 Å². The number of nitrogens with zero attached hydrogens (tertiary/aromatic N) is 3. The molecule has 5 nitrogen and oxygen atoms in total. The Hall–Kier alpha value is -0.620. The number of nitro groups is 1. The molecule has 0 fully saturated rings. The molecular weight excluding hydrogens is 312 g/mol. The first kappa shape index (κ1) is 12.8. The fourth-order valence-corrected chi connectivity index (χ4v) is 2.07. The molecule has 1 aromatic rings. The predicted molar refractivity (Wildman–Crippen MR) is 65.2 cm³/mol. The van der Waals surface area contributed by atoms with E-state index in [1.54, 1.807) is 0 Å². The topological polar surface area (TPSA) is 68.9 Å². The summed E-state index contributed by atoms with van der Waals surface area (Å²) < 4.78 is 0. The molecule has 1 aromatic heterocycles. The van der Waals surface area contributed by atoms with Gasteiger partial charge in [0.15, 0.2) is 10.3 Å². The Kier molecular flexibility index (Phi) is 3.20. The van der Waals surface area contributed by atoms with Gasteiger partial charge in [-0.3, -0.25) is 10.1 Å². The van der Waals surface area contributed by atoms with E-state index in [2.05, 4.69) is 9.97 Å². The predicted octanol–water partition coefficient (Wildman–Crippen LogP) is 3.13. The van der Waals surface area contributed by atoms with Gasteiger partial charge >= 0.3 is 5.00 Å². The molecule has 1 atom stereocenters. The first-order chi connectivity index (χ1) is 7.84. The second kappa shape index (κ2) is 4.24. The summed E-state index contributed by atoms with van der Waals surface area (Å²) in [6.07, 6.45) is 1.07. The maximum Gasteiger partial charge on any atom is 0.336 e. The first-order valence-electron chi connectivity index (χ1n) is 4.27. The zero-order valence-corrected chi connectivity index (χ0v) is 11.0. The van der Waals surface area contributed by atoms with Crippen LogP contribution in [0.15, 0.2) is 5.03 Å². The highest BCUT2D eigenvalue weighted by atomic mass is 35.5. The number of aromatic nitrogens is 2. The number of halogens is 4. The lowest BCUT2D eigenvalue weighted by Gasteiger charge is -2.22. The summed E-state index contributed by atoms with van der Waals surface area (Å²) in [6, 6.07) is 0. The summed E-state index contributed by atoms with van der Waals surface area (Å²) in [4.78, 5) is 16.1. The summed E-state index contributed by atoms with van der Waals surface area (Å²) in [6.45, 7) is 0. The third-order valence-corrected chi connectivity index (χ3v) is 3.86. The SMILES string of the molecule is O=[N+]([O-])C1(Cl)Cc2nc(Cl)c(Cl)nc2C=C1Cl. The first-order valence-corrected chi connectivity index (χ1v) is 5.79. The molecule has 90 valence electrons. The summed E-state index contributed by atoms with van der Waals surface area (Å²) in [7, 11) is 0. The highest BCUT2D eigenvalue weighted by molar-refractivity contribution is 6.41. The summed E-state index contributed by atoms with van der Waals surface area (Å²) in [5.74, 6) is 0. The molecule has 0 aromatic carbocycles. The third-order valence-electron chi connectivity index (χ3n) is 2.24. The molecule has 0 spiro atoms. The van der Waals surface area contributed by atoms with Crippen LogP contribution < -0.4 is 0 Å². The largest absolute Gasteiger partial charge is 0.336 e. The van der Waals surface area contributed by atoms with Crippen molar-refractivity contribution in [2.24, 2.45) is 0 Å². The minimum absolute atomic E-state index is 0.00862. The molecule has 0 amide bonds. The molecule has 2 rings (SSSR count). The number of alkyl halides is 1. The Morgan fingerprint density at radius 3 is 2.47 bits per heavy atom. The van der Waals surface area contributed by atoms with Crippen molar-refractivity contribution in [1.29, 1.82) is 0 Å². The van der Waals surface area contributed by atoms with Crippen LogP contribution in [-0.2, 0) is 6.42 Å². The summed E-state index contributed by atoms with van der Waals surface area (Å²) in [5, 5.41) is 10.7. The number of hydrogen-bond acceptors (Lipinski definition) is 4. The average Bonchev–Trinajstić information content (AvgIpc) is 2.23. The monoisotopic (exact) mass is 313 g/mol. The average molecular weight is 315 g/mol. The standard InChI is InChI=1S/C8H3Cl4N3O2/c9-5-1-3-4(2-8(5,12)15(16)17)14-7(11)6(10)13-3/h1H,2H2. The van der Waals surface area contributed by atoms with Crippen molar-refractivity contribution in [2.75, 3.05) is 0 Å². The van der Waals surface area contributed by atoms with E-state index < -0.39 is 9.92 Å². The second-order valence-corrected chi connectivity index (χ2v) is 5.07. The minimum atomic E-state index is -1.92. The van der Waals surface area contributed by atoms with Crippen molar-refractivity contribution in [2.45, 2.75) is 11.4 Å². The maximum atomic E-state index is 10.9. The van der Waals surface area contributed by atoms with Crippen LogP contribution in [0.4, 0.5) is 0 Å². The number of rotatable bonds is 1. The van der Waals surface area contributed by atoms with Crippen molar-refractivity contribution in [3.8, 4) is 0 Å². The Balaban J connectivity index is 2.58. The lowest BCUT2D eigenvalue weighted by atomic mass is 10.0. The van der Waals surface area contributed by atoms with E-state index in [0.717, 1.165) is 0 Å². The van der Waals surface area contributed by atoms with E-state index in [1.165, 1.54) is 6.08 Å². The van der Waals surface area contributed by atoms with Crippen LogP contribution in [-0.4, -0.2) is 19.9 Å². The highest BCUT2D eigenvalue weighted by Gasteiger charge is 2.48. The number of fused-ring (bicyclic) bond motifs is 1. The molecule has 1 heterocycles. The molecule has 17 heavy (non-hydrogen) atoms. The van der Waals surface area contributed by atoms with E-state index in [4.69, 9.17) is 46.4 Å². The minimum Gasteiger partial charge on any atom is -0.262 e. The molecule has 1 aliphatic carbocycles. The van der Waals surface area contributed by atoms with E-state index >= 15 is 0 Å². The van der Waals surface area contributed by atoms with Gasteiger partial charge < -0.3 is 0 Å². The van der Waals surface area contributed by atoms with Crippen LogP contribution in [0.1, 0.15) is 11.4 Å². The lowest BCUT2D eigenvalue weighted by molar-refractivity contribution is -0.529. The van der Waals surface area contributed by atoms with Crippen molar-refractivity contribution in [1.82, 2.24) is 9.97 Å². The third kappa shape index (κ3) is 2.08. The van der Waals surface area contributed by atoms with Gasteiger partial charge in [0.2, 0.25) is 0 Å². The zero-order valence-electron chi connectivity index (χ0n) is 7.95. The van der Waals surface area contributed by atoms with Crippen molar-refractivity contribution in [3.63, 3.8) is 0 Å². The van der Waals surface area contributed by atoms with Crippen LogP contribution >= 0.6 is 46.4 Å². The Labute approximate surface area is 116 Å². The Morgan fingerprint density at radius 2 is 1.88 bits per heavy atom. The smallest absolute Gasteiger partial charge is 0.262 e. The van der Waals surface area contributed by atoms with Crippen LogP contribution in [0.5, 0.6) is 0 Å². The quantitative estimate of drug-likeness (QED) is 0.345. The molecule has 1 unspecified atom stereocenters. The van der Waals surface area contributed by atoms with Crippen molar-refractivity contribution in [3.05, 3.63) is 36.8 Å². The van der Waals surface area contributed by atoms with Crippen LogP contribution in [0.3, 0.4) is 0 Å². The molecule has 0 aliphatic heterocycles. The molecule has 0 saturated carbocycles. The molecule has 9 heteroatoms. The van der Waals surface area contributed by atoms with E-state index in [9.17, 15) is 10.1 Å². The van der Waals surface area contributed by atoms with Gasteiger partial charge in [0, 0.05) is 4.92 Å². The number of hydrogen-bond donors (Lipinski definition) is 0. The van der Waals surface area contributed by atoms with Gasteiger partial charge in [-0.2, -0.15) is 0 Å². The van der Waals surface area contributed by atoms with Crippen molar-refractivity contribution >= 4 is 52.5 Å². The van der Waals surface area contributed by atoms with Gasteiger partial charge in [0.05, 0.1) is 17.8 Å². The van der Waals surface area contributed by atoms with Gasteiger partial charge in [-0.25, -0.2) is 9.97 Å². The van der Waals surface area contributed by atoms with Gasteiger partial charge in [0.25, 0.3) is 0 Å². The van der Waals surface area contributed by atoms with Gasteiger partial charge in [-0.15, -0.1) is 0 Å². The fraction of sp³-hybridized carbons (Fsp3) is 0.250. The second-order valence-electron chi connectivity index (χ2n) is 3.32. The Morgan fingerprint density at radius 1 is 1.29 bits per heavy atom. The maximum absolute atomic E-state index is 10.9. The van der Waals surface area contributed by atoms with Gasteiger partial charge in [-0.1, -0.05) is 34.8 Å². The molecule has 0 N–H and O–H groups in total. The molecule has 0 saturated heterocycles. The van der Waals surface area contributed by atoms with Crippen LogP contribution in [0.2, 0.25) is 10.3 Å². The fourth-order valence-electron chi connectivity index (χ4n) is 1.37. The van der Waals surface area contributed by atoms with Gasteiger partial charge in [0.1, 0.15) is 5.03 Å². The molecule has 1 aliphatic rings. The van der Waals surface area contributed by atoms with E-state index in [1.807, 2.05) is 0 Å². The summed E-state index contributed by atoms with van der Waals surface area (Å²) >= 11 is 23.0. The van der Waals surface area contributed by atoms with Crippen LogP contribution in [0, 0.1) is 10.1 Å². The lowest BCUT2D eigenvalue weighted by Crippen LogP contribution is -2.37.